The number of hydrogen-bond acceptors (Lipinski definition) is 3. The first-order chi connectivity index (χ1) is 9.70. The SMILES string of the molecule is Cc1ccc(OCc2ncccc2C)c(C#CCO)c1. The van der Waals surface area contributed by atoms with Gasteiger partial charge < -0.3 is 9.84 Å². The van der Waals surface area contributed by atoms with Gasteiger partial charge in [0, 0.05) is 6.20 Å². The van der Waals surface area contributed by atoms with Crippen LogP contribution in [0.25, 0.3) is 0 Å². The first-order valence-electron chi connectivity index (χ1n) is 6.44. The number of hydrogen-bond donors (Lipinski definition) is 1. The van der Waals surface area contributed by atoms with Crippen LogP contribution in [0.2, 0.25) is 0 Å². The summed E-state index contributed by atoms with van der Waals surface area (Å²) in [6.07, 6.45) is 1.76. The summed E-state index contributed by atoms with van der Waals surface area (Å²) in [6, 6.07) is 9.74. The predicted octanol–water partition coefficient (Wildman–Crippen LogP) is 2.62. The average Bonchev–Trinajstić information content (AvgIpc) is 2.45. The summed E-state index contributed by atoms with van der Waals surface area (Å²) < 4.78 is 5.81. The zero-order valence-corrected chi connectivity index (χ0v) is 11.7. The number of ether oxygens (including phenoxy) is 1. The highest BCUT2D eigenvalue weighted by Crippen LogP contribution is 2.20. The van der Waals surface area contributed by atoms with Crippen LogP contribution >= 0.6 is 0 Å². The van der Waals surface area contributed by atoms with Crippen molar-refractivity contribution in [2.24, 2.45) is 0 Å². The minimum atomic E-state index is -0.160. The van der Waals surface area contributed by atoms with Crippen LogP contribution in [0.3, 0.4) is 0 Å². The van der Waals surface area contributed by atoms with E-state index < -0.39 is 0 Å². The molecule has 3 nitrogen and oxygen atoms in total. The molecule has 0 unspecified atom stereocenters. The summed E-state index contributed by atoms with van der Waals surface area (Å²) in [5.41, 5.74) is 3.90. The third kappa shape index (κ3) is 3.59. The van der Waals surface area contributed by atoms with Gasteiger partial charge in [-0.15, -0.1) is 0 Å². The molecule has 0 aliphatic heterocycles. The molecule has 0 radical (unpaired) electrons. The van der Waals surface area contributed by atoms with Gasteiger partial charge in [-0.1, -0.05) is 24.0 Å². The largest absolute Gasteiger partial charge is 0.486 e. The molecule has 1 aromatic carbocycles. The second kappa shape index (κ2) is 6.74. The van der Waals surface area contributed by atoms with Gasteiger partial charge in [0.25, 0.3) is 0 Å². The third-order valence-electron chi connectivity index (χ3n) is 2.92. The molecule has 20 heavy (non-hydrogen) atoms. The van der Waals surface area contributed by atoms with Crippen LogP contribution in [0, 0.1) is 25.7 Å². The fraction of sp³-hybridized carbons (Fsp3) is 0.235. The van der Waals surface area contributed by atoms with Crippen molar-refractivity contribution in [2.45, 2.75) is 20.5 Å². The molecule has 1 aromatic heterocycles. The number of aryl methyl sites for hydroxylation is 2. The van der Waals surface area contributed by atoms with Gasteiger partial charge in [0.05, 0.1) is 11.3 Å². The molecule has 0 spiro atoms. The van der Waals surface area contributed by atoms with Crippen LogP contribution in [0.5, 0.6) is 5.75 Å². The minimum absolute atomic E-state index is 0.160. The van der Waals surface area contributed by atoms with Gasteiger partial charge in [0.1, 0.15) is 19.0 Å². The first-order valence-corrected chi connectivity index (χ1v) is 6.44. The Morgan fingerprint density at radius 3 is 2.85 bits per heavy atom. The second-order valence-corrected chi connectivity index (χ2v) is 4.52. The van der Waals surface area contributed by atoms with Crippen molar-refractivity contribution in [1.82, 2.24) is 4.98 Å². The Hall–Kier alpha value is -2.31. The van der Waals surface area contributed by atoms with Crippen LogP contribution in [0.15, 0.2) is 36.5 Å². The van der Waals surface area contributed by atoms with Gasteiger partial charge in [0.2, 0.25) is 0 Å². The Balaban J connectivity index is 2.19. The number of benzene rings is 1. The van der Waals surface area contributed by atoms with Gasteiger partial charge in [-0.05, 0) is 43.2 Å². The molecule has 0 aliphatic rings. The molecular formula is C17H17NO2. The molecule has 0 aliphatic carbocycles. The molecule has 0 saturated heterocycles. The van der Waals surface area contributed by atoms with Crippen molar-refractivity contribution in [1.29, 1.82) is 0 Å². The summed E-state index contributed by atoms with van der Waals surface area (Å²) in [7, 11) is 0. The van der Waals surface area contributed by atoms with Crippen LogP contribution in [0.1, 0.15) is 22.4 Å². The summed E-state index contributed by atoms with van der Waals surface area (Å²) in [4.78, 5) is 4.30. The van der Waals surface area contributed by atoms with E-state index in [1.807, 2.05) is 44.2 Å². The summed E-state index contributed by atoms with van der Waals surface area (Å²) in [5.74, 6) is 6.27. The number of rotatable bonds is 3. The Morgan fingerprint density at radius 1 is 1.25 bits per heavy atom. The molecule has 102 valence electrons. The fourth-order valence-corrected chi connectivity index (χ4v) is 1.82. The molecule has 1 N–H and O–H groups in total. The third-order valence-corrected chi connectivity index (χ3v) is 2.92. The second-order valence-electron chi connectivity index (χ2n) is 4.52. The van der Waals surface area contributed by atoms with E-state index >= 15 is 0 Å². The monoisotopic (exact) mass is 267 g/mol. The van der Waals surface area contributed by atoms with Crippen molar-refractivity contribution in [3.05, 3.63) is 58.9 Å². The molecule has 0 saturated carbocycles. The van der Waals surface area contributed by atoms with Crippen molar-refractivity contribution < 1.29 is 9.84 Å². The lowest BCUT2D eigenvalue weighted by Gasteiger charge is -2.10. The van der Waals surface area contributed by atoms with E-state index in [4.69, 9.17) is 9.84 Å². The standard InChI is InChI=1S/C17H17NO2/c1-13-7-8-17(15(11-13)6-4-10-19)20-12-16-14(2)5-3-9-18-16/h3,5,7-9,11,19H,10,12H2,1-2H3. The molecule has 1 heterocycles. The van der Waals surface area contributed by atoms with Crippen LogP contribution in [-0.2, 0) is 6.61 Å². The molecule has 0 fully saturated rings. The van der Waals surface area contributed by atoms with Crippen LogP contribution in [-0.4, -0.2) is 16.7 Å². The van der Waals surface area contributed by atoms with E-state index in [-0.39, 0.29) is 6.61 Å². The lowest BCUT2D eigenvalue weighted by molar-refractivity contribution is 0.299. The number of pyridine rings is 1. The quantitative estimate of drug-likeness (QED) is 0.869. The minimum Gasteiger partial charge on any atom is -0.486 e. The van der Waals surface area contributed by atoms with Crippen molar-refractivity contribution >= 4 is 0 Å². The van der Waals surface area contributed by atoms with Crippen molar-refractivity contribution in [3.8, 4) is 17.6 Å². The van der Waals surface area contributed by atoms with Gasteiger partial charge in [-0.2, -0.15) is 0 Å². The predicted molar refractivity (Wildman–Crippen MR) is 78.4 cm³/mol. The lowest BCUT2D eigenvalue weighted by atomic mass is 10.1. The van der Waals surface area contributed by atoms with Crippen LogP contribution in [0.4, 0.5) is 0 Å². The smallest absolute Gasteiger partial charge is 0.135 e. The fourth-order valence-electron chi connectivity index (χ4n) is 1.82. The Bertz CT molecular complexity index is 654. The van der Waals surface area contributed by atoms with Gasteiger partial charge in [-0.25, -0.2) is 0 Å². The maximum Gasteiger partial charge on any atom is 0.135 e. The molecule has 0 amide bonds. The Morgan fingerprint density at radius 2 is 2.10 bits per heavy atom. The number of aliphatic hydroxyl groups excluding tert-OH is 1. The Kier molecular flexibility index (Phi) is 4.75. The zero-order chi connectivity index (χ0) is 14.4. The van der Waals surface area contributed by atoms with E-state index in [1.165, 1.54) is 0 Å². The lowest BCUT2D eigenvalue weighted by Crippen LogP contribution is -2.01. The highest BCUT2D eigenvalue weighted by Gasteiger charge is 2.04. The highest BCUT2D eigenvalue weighted by atomic mass is 16.5. The number of nitrogens with zero attached hydrogens (tertiary/aromatic N) is 1. The maximum atomic E-state index is 8.81. The summed E-state index contributed by atoms with van der Waals surface area (Å²) in [5, 5.41) is 8.81. The molecule has 2 rings (SSSR count). The van der Waals surface area contributed by atoms with Crippen LogP contribution < -0.4 is 4.74 Å². The molecule has 2 aromatic rings. The normalized spacial score (nSPS) is 9.75. The van der Waals surface area contributed by atoms with Gasteiger partial charge in [0.15, 0.2) is 0 Å². The average molecular weight is 267 g/mol. The van der Waals surface area contributed by atoms with Gasteiger partial charge >= 0.3 is 0 Å². The Labute approximate surface area is 119 Å². The van der Waals surface area contributed by atoms with E-state index in [0.29, 0.717) is 12.4 Å². The molecule has 3 heteroatoms. The summed E-state index contributed by atoms with van der Waals surface area (Å²) in [6.45, 7) is 4.25. The van der Waals surface area contributed by atoms with E-state index in [0.717, 1.165) is 22.4 Å². The van der Waals surface area contributed by atoms with Crippen molar-refractivity contribution in [2.75, 3.05) is 6.61 Å². The van der Waals surface area contributed by atoms with E-state index in [9.17, 15) is 0 Å². The van der Waals surface area contributed by atoms with Crippen molar-refractivity contribution in [3.63, 3.8) is 0 Å². The molecular weight excluding hydrogens is 250 g/mol. The first kappa shape index (κ1) is 14.1. The number of aromatic nitrogens is 1. The van der Waals surface area contributed by atoms with Gasteiger partial charge in [-0.3, -0.25) is 4.98 Å². The molecule has 0 atom stereocenters. The highest BCUT2D eigenvalue weighted by molar-refractivity contribution is 5.48. The number of aliphatic hydroxyl groups is 1. The maximum absolute atomic E-state index is 8.81. The molecule has 0 bridgehead atoms. The zero-order valence-electron chi connectivity index (χ0n) is 11.7. The summed E-state index contributed by atoms with van der Waals surface area (Å²) >= 11 is 0. The van der Waals surface area contributed by atoms with E-state index in [1.54, 1.807) is 6.20 Å². The topological polar surface area (TPSA) is 42.4 Å². The van der Waals surface area contributed by atoms with E-state index in [2.05, 4.69) is 16.8 Å².